The lowest BCUT2D eigenvalue weighted by Crippen LogP contribution is -2.54. The predicted molar refractivity (Wildman–Crippen MR) is 132 cm³/mol. The third-order valence-corrected chi connectivity index (χ3v) is 11.1. The van der Waals surface area contributed by atoms with E-state index >= 15 is 0 Å². The summed E-state index contributed by atoms with van der Waals surface area (Å²) in [5.41, 5.74) is 1.31. The standard InChI is InChI=1S/C29H39N3O2/c1-31(26(33)28-10-18-3-19(11-28)5-20(4-18)12-28)24-9-25(17-30-16-24)32(2)27(34)29-13-21-6-22(14-29)8-23(7-21)15-29/h9,16-23H,3-8,10-15H2,1-2H3. The SMILES string of the molecule is CN(C(=O)C12CC3CC(CC(C3)C1)C2)c1cncc(N(C)C(=O)C23CC4CC(CC(C4)C2)C3)c1. The Hall–Kier alpha value is -1.91. The number of carbonyl (C=O) groups is 2. The number of carbonyl (C=O) groups excluding carboxylic acids is 2. The van der Waals surface area contributed by atoms with Crippen molar-refractivity contribution in [1.29, 1.82) is 0 Å². The first kappa shape index (κ1) is 21.4. The highest BCUT2D eigenvalue weighted by molar-refractivity contribution is 6.00. The Morgan fingerprint density at radius 3 is 1.24 bits per heavy atom. The maximum absolute atomic E-state index is 13.9. The van der Waals surface area contributed by atoms with Gasteiger partial charge in [-0.1, -0.05) is 0 Å². The van der Waals surface area contributed by atoms with Crippen LogP contribution >= 0.6 is 0 Å². The molecule has 8 aliphatic carbocycles. The van der Waals surface area contributed by atoms with E-state index in [1.165, 1.54) is 38.5 Å². The van der Waals surface area contributed by atoms with Gasteiger partial charge < -0.3 is 9.80 Å². The van der Waals surface area contributed by atoms with E-state index < -0.39 is 0 Å². The molecule has 182 valence electrons. The van der Waals surface area contributed by atoms with Crippen LogP contribution in [0.25, 0.3) is 0 Å². The zero-order valence-electron chi connectivity index (χ0n) is 20.8. The highest BCUT2D eigenvalue weighted by Gasteiger charge is 2.56. The average molecular weight is 462 g/mol. The minimum Gasteiger partial charge on any atom is -0.313 e. The van der Waals surface area contributed by atoms with Crippen molar-refractivity contribution in [2.45, 2.75) is 77.0 Å². The summed E-state index contributed by atoms with van der Waals surface area (Å²) in [5, 5.41) is 0. The maximum atomic E-state index is 13.9. The van der Waals surface area contributed by atoms with Crippen molar-refractivity contribution in [3.63, 3.8) is 0 Å². The minimum absolute atomic E-state index is 0.166. The van der Waals surface area contributed by atoms with Gasteiger partial charge in [0.05, 0.1) is 34.6 Å². The molecule has 5 nitrogen and oxygen atoms in total. The number of hydrogen-bond donors (Lipinski definition) is 0. The highest BCUT2D eigenvalue weighted by Crippen LogP contribution is 2.62. The molecule has 0 N–H and O–H groups in total. The van der Waals surface area contributed by atoms with Gasteiger partial charge >= 0.3 is 0 Å². The van der Waals surface area contributed by atoms with E-state index in [-0.39, 0.29) is 22.6 Å². The lowest BCUT2D eigenvalue weighted by Gasteiger charge is -2.56. The number of hydrogen-bond acceptors (Lipinski definition) is 3. The van der Waals surface area contributed by atoms with Crippen LogP contribution in [-0.2, 0) is 9.59 Å². The molecule has 1 heterocycles. The van der Waals surface area contributed by atoms with Crippen LogP contribution in [0.15, 0.2) is 18.5 Å². The van der Waals surface area contributed by atoms with Gasteiger partial charge in [0, 0.05) is 14.1 Å². The number of nitrogens with zero attached hydrogens (tertiary/aromatic N) is 3. The summed E-state index contributed by atoms with van der Waals surface area (Å²) >= 11 is 0. The zero-order valence-corrected chi connectivity index (χ0v) is 20.8. The lowest BCUT2D eigenvalue weighted by molar-refractivity contribution is -0.143. The summed E-state index contributed by atoms with van der Waals surface area (Å²) in [5.74, 6) is 5.04. The molecular weight excluding hydrogens is 422 g/mol. The molecule has 0 radical (unpaired) electrons. The Kier molecular flexibility index (Phi) is 4.59. The molecule has 8 bridgehead atoms. The van der Waals surface area contributed by atoms with E-state index in [0.29, 0.717) is 0 Å². The molecule has 9 rings (SSSR count). The van der Waals surface area contributed by atoms with Gasteiger partial charge in [-0.05, 0) is 119 Å². The Bertz CT molecular complexity index is 884. The fraction of sp³-hybridized carbons (Fsp3) is 0.759. The molecule has 2 amide bonds. The maximum Gasteiger partial charge on any atom is 0.233 e. The van der Waals surface area contributed by atoms with Crippen LogP contribution in [0.3, 0.4) is 0 Å². The molecule has 0 aromatic carbocycles. The van der Waals surface area contributed by atoms with E-state index in [0.717, 1.165) is 85.4 Å². The van der Waals surface area contributed by atoms with Crippen LogP contribution in [0.2, 0.25) is 0 Å². The van der Waals surface area contributed by atoms with E-state index in [9.17, 15) is 9.59 Å². The predicted octanol–water partition coefficient (Wildman–Crippen LogP) is 5.44. The van der Waals surface area contributed by atoms with Crippen LogP contribution < -0.4 is 9.80 Å². The minimum atomic E-state index is -0.166. The Morgan fingerprint density at radius 2 is 0.941 bits per heavy atom. The molecule has 0 spiro atoms. The van der Waals surface area contributed by atoms with E-state index in [1.54, 1.807) is 12.4 Å². The number of pyridine rings is 1. The first-order valence-corrected chi connectivity index (χ1v) is 13.8. The van der Waals surface area contributed by atoms with Crippen molar-refractivity contribution in [1.82, 2.24) is 4.98 Å². The number of amides is 2. The van der Waals surface area contributed by atoms with E-state index in [2.05, 4.69) is 4.98 Å². The second kappa shape index (κ2) is 7.30. The quantitative estimate of drug-likeness (QED) is 0.600. The molecule has 0 atom stereocenters. The smallest absolute Gasteiger partial charge is 0.233 e. The third-order valence-electron chi connectivity index (χ3n) is 11.1. The normalized spacial score (nSPS) is 43.2. The Balaban J connectivity index is 1.12. The van der Waals surface area contributed by atoms with Crippen molar-refractivity contribution in [2.75, 3.05) is 23.9 Å². The highest BCUT2D eigenvalue weighted by atomic mass is 16.2. The van der Waals surface area contributed by atoms with Crippen LogP contribution in [-0.4, -0.2) is 30.9 Å². The summed E-state index contributed by atoms with van der Waals surface area (Å²) in [7, 11) is 3.84. The summed E-state index contributed by atoms with van der Waals surface area (Å²) < 4.78 is 0. The van der Waals surface area contributed by atoms with Crippen molar-refractivity contribution in [2.24, 2.45) is 46.3 Å². The molecule has 0 aliphatic heterocycles. The first-order valence-electron chi connectivity index (χ1n) is 13.8. The Labute approximate surface area is 203 Å². The number of anilines is 2. The molecule has 1 aromatic heterocycles. The fourth-order valence-corrected chi connectivity index (χ4v) is 10.5. The van der Waals surface area contributed by atoms with Crippen molar-refractivity contribution in [3.8, 4) is 0 Å². The van der Waals surface area contributed by atoms with Gasteiger partial charge in [0.1, 0.15) is 0 Å². The number of aromatic nitrogens is 1. The average Bonchev–Trinajstić information content (AvgIpc) is 2.80. The summed E-state index contributed by atoms with van der Waals surface area (Å²) in [6.45, 7) is 0. The van der Waals surface area contributed by atoms with Crippen LogP contribution in [0.5, 0.6) is 0 Å². The molecule has 8 fully saturated rings. The van der Waals surface area contributed by atoms with Crippen molar-refractivity contribution < 1.29 is 9.59 Å². The largest absolute Gasteiger partial charge is 0.313 e. The first-order chi connectivity index (χ1) is 16.3. The fourth-order valence-electron chi connectivity index (χ4n) is 10.5. The van der Waals surface area contributed by atoms with Gasteiger partial charge in [-0.15, -0.1) is 0 Å². The van der Waals surface area contributed by atoms with E-state index in [1.807, 2.05) is 30.0 Å². The summed E-state index contributed by atoms with van der Waals surface area (Å²) in [6, 6.07) is 2.02. The van der Waals surface area contributed by atoms with Crippen molar-refractivity contribution in [3.05, 3.63) is 18.5 Å². The second-order valence-electron chi connectivity index (χ2n) is 13.5. The second-order valence-corrected chi connectivity index (χ2v) is 13.5. The molecule has 0 saturated heterocycles. The van der Waals surface area contributed by atoms with Gasteiger partial charge in [0.25, 0.3) is 0 Å². The molecule has 0 unspecified atom stereocenters. The molecule has 1 aromatic rings. The van der Waals surface area contributed by atoms with Crippen LogP contribution in [0, 0.1) is 46.3 Å². The topological polar surface area (TPSA) is 53.5 Å². The van der Waals surface area contributed by atoms with Gasteiger partial charge in [0.2, 0.25) is 11.8 Å². The van der Waals surface area contributed by atoms with Gasteiger partial charge in [0.15, 0.2) is 0 Å². The van der Waals surface area contributed by atoms with Gasteiger partial charge in [-0.2, -0.15) is 0 Å². The van der Waals surface area contributed by atoms with Gasteiger partial charge in [-0.3, -0.25) is 14.6 Å². The summed E-state index contributed by atoms with van der Waals surface area (Å²) in [4.78, 5) is 35.9. The monoisotopic (exact) mass is 461 g/mol. The van der Waals surface area contributed by atoms with Crippen LogP contribution in [0.1, 0.15) is 77.0 Å². The van der Waals surface area contributed by atoms with Gasteiger partial charge in [-0.25, -0.2) is 0 Å². The zero-order chi connectivity index (χ0) is 23.2. The van der Waals surface area contributed by atoms with Crippen molar-refractivity contribution >= 4 is 23.2 Å². The van der Waals surface area contributed by atoms with E-state index in [4.69, 9.17) is 0 Å². The number of rotatable bonds is 4. The third kappa shape index (κ3) is 3.14. The molecule has 8 saturated carbocycles. The molecule has 8 aliphatic rings. The molecule has 5 heteroatoms. The molecular formula is C29H39N3O2. The van der Waals surface area contributed by atoms with Crippen LogP contribution in [0.4, 0.5) is 11.4 Å². The molecule has 34 heavy (non-hydrogen) atoms. The lowest BCUT2D eigenvalue weighted by atomic mass is 9.49. The Morgan fingerprint density at radius 1 is 0.647 bits per heavy atom. The summed E-state index contributed by atoms with van der Waals surface area (Å²) in [6.07, 6.45) is 18.0.